The molecule has 1 saturated heterocycles. The number of aromatic nitrogens is 2. The van der Waals surface area contributed by atoms with Crippen LogP contribution in [0.2, 0.25) is 0 Å². The van der Waals surface area contributed by atoms with Gasteiger partial charge in [-0.05, 0) is 12.1 Å². The standard InChI is InChI=1S/C11H8N2O3/c14-9-7-5-2-1-3-12-10(5)13-8(7)6-4-15-11(9)16-6/h1-3,6,11H,4H2,(H,12,13)/t6-,11-/m1/s1. The second-order valence-corrected chi connectivity index (χ2v) is 3.97. The van der Waals surface area contributed by atoms with Crippen molar-refractivity contribution in [3.63, 3.8) is 0 Å². The Morgan fingerprint density at radius 1 is 1.50 bits per heavy atom. The van der Waals surface area contributed by atoms with Crippen molar-refractivity contribution in [2.24, 2.45) is 0 Å². The molecule has 16 heavy (non-hydrogen) atoms. The van der Waals surface area contributed by atoms with E-state index in [1.54, 1.807) is 6.20 Å². The molecule has 4 rings (SSSR count). The van der Waals surface area contributed by atoms with Gasteiger partial charge in [0.1, 0.15) is 11.8 Å². The van der Waals surface area contributed by atoms with Gasteiger partial charge in [-0.1, -0.05) is 0 Å². The summed E-state index contributed by atoms with van der Waals surface area (Å²) in [5.74, 6) is -0.108. The number of nitrogens with zero attached hydrogens (tertiary/aromatic N) is 1. The van der Waals surface area contributed by atoms with Crippen LogP contribution in [0.5, 0.6) is 0 Å². The van der Waals surface area contributed by atoms with E-state index in [0.29, 0.717) is 12.2 Å². The van der Waals surface area contributed by atoms with Crippen molar-refractivity contribution in [3.05, 3.63) is 29.6 Å². The quantitative estimate of drug-likeness (QED) is 0.718. The van der Waals surface area contributed by atoms with Gasteiger partial charge in [0.25, 0.3) is 0 Å². The van der Waals surface area contributed by atoms with Gasteiger partial charge >= 0.3 is 0 Å². The summed E-state index contributed by atoms with van der Waals surface area (Å²) < 4.78 is 10.7. The lowest BCUT2D eigenvalue weighted by Crippen LogP contribution is -2.26. The fraction of sp³-hybridized carbons (Fsp3) is 0.273. The minimum absolute atomic E-state index is 0.108. The zero-order chi connectivity index (χ0) is 10.7. The smallest absolute Gasteiger partial charge is 0.223 e. The van der Waals surface area contributed by atoms with E-state index in [1.807, 2.05) is 12.1 Å². The summed E-state index contributed by atoms with van der Waals surface area (Å²) in [6, 6.07) is 3.71. The third kappa shape index (κ3) is 0.874. The predicted octanol–water partition coefficient (Wildman–Crippen LogP) is 1.17. The van der Waals surface area contributed by atoms with Crippen LogP contribution in [-0.4, -0.2) is 28.6 Å². The lowest BCUT2D eigenvalue weighted by molar-refractivity contribution is -0.0408. The van der Waals surface area contributed by atoms with E-state index >= 15 is 0 Å². The molecule has 0 unspecified atom stereocenters. The molecule has 2 aliphatic rings. The van der Waals surface area contributed by atoms with Gasteiger partial charge in [-0.3, -0.25) is 4.79 Å². The summed E-state index contributed by atoms with van der Waals surface area (Å²) in [4.78, 5) is 19.4. The monoisotopic (exact) mass is 216 g/mol. The summed E-state index contributed by atoms with van der Waals surface area (Å²) in [5.41, 5.74) is 2.21. The Kier molecular flexibility index (Phi) is 1.42. The van der Waals surface area contributed by atoms with Crippen molar-refractivity contribution in [2.45, 2.75) is 12.4 Å². The molecule has 0 spiro atoms. The van der Waals surface area contributed by atoms with Gasteiger partial charge < -0.3 is 14.5 Å². The molecule has 2 aliphatic heterocycles. The van der Waals surface area contributed by atoms with E-state index in [4.69, 9.17) is 9.47 Å². The van der Waals surface area contributed by atoms with Gasteiger partial charge in [0.2, 0.25) is 12.1 Å². The van der Waals surface area contributed by atoms with Gasteiger partial charge in [0.15, 0.2) is 0 Å². The molecule has 0 amide bonds. The van der Waals surface area contributed by atoms with E-state index in [0.717, 1.165) is 16.7 Å². The zero-order valence-electron chi connectivity index (χ0n) is 8.27. The van der Waals surface area contributed by atoms with Gasteiger partial charge in [-0.25, -0.2) is 4.98 Å². The van der Waals surface area contributed by atoms with Crippen LogP contribution >= 0.6 is 0 Å². The Morgan fingerprint density at radius 3 is 3.38 bits per heavy atom. The number of H-pyrrole nitrogens is 1. The highest BCUT2D eigenvalue weighted by atomic mass is 16.7. The number of fused-ring (bicyclic) bond motifs is 6. The first-order chi connectivity index (χ1) is 7.84. The third-order valence-electron chi connectivity index (χ3n) is 3.07. The van der Waals surface area contributed by atoms with Crippen LogP contribution in [0, 0.1) is 0 Å². The molecule has 80 valence electrons. The molecule has 5 heteroatoms. The number of hydrogen-bond acceptors (Lipinski definition) is 4. The topological polar surface area (TPSA) is 64.2 Å². The molecule has 0 aromatic carbocycles. The molecule has 2 bridgehead atoms. The van der Waals surface area contributed by atoms with Gasteiger partial charge in [0, 0.05) is 11.6 Å². The predicted molar refractivity (Wildman–Crippen MR) is 54.0 cm³/mol. The average molecular weight is 216 g/mol. The molecular formula is C11H8N2O3. The van der Waals surface area contributed by atoms with E-state index in [-0.39, 0.29) is 11.9 Å². The van der Waals surface area contributed by atoms with Crippen LogP contribution < -0.4 is 0 Å². The maximum atomic E-state index is 12.1. The SMILES string of the molecule is O=C1c2c([nH]c3ncccc23)[C@H]2CO[C@@H]1O2. The average Bonchev–Trinajstić information content (AvgIpc) is 2.90. The molecule has 1 N–H and O–H groups in total. The van der Waals surface area contributed by atoms with Gasteiger partial charge in [-0.2, -0.15) is 0 Å². The number of ether oxygens (including phenoxy) is 2. The van der Waals surface area contributed by atoms with Crippen molar-refractivity contribution < 1.29 is 14.3 Å². The maximum Gasteiger partial charge on any atom is 0.223 e. The zero-order valence-corrected chi connectivity index (χ0v) is 8.27. The van der Waals surface area contributed by atoms with Crippen molar-refractivity contribution in [3.8, 4) is 0 Å². The molecule has 2 atom stereocenters. The van der Waals surface area contributed by atoms with Crippen LogP contribution in [0.3, 0.4) is 0 Å². The third-order valence-corrected chi connectivity index (χ3v) is 3.07. The van der Waals surface area contributed by atoms with Crippen LogP contribution in [0.4, 0.5) is 0 Å². The number of ketones is 1. The van der Waals surface area contributed by atoms with E-state index in [2.05, 4.69) is 9.97 Å². The molecule has 5 nitrogen and oxygen atoms in total. The van der Waals surface area contributed by atoms with Crippen molar-refractivity contribution in [1.29, 1.82) is 0 Å². The molecule has 0 radical (unpaired) electrons. The molecule has 0 aliphatic carbocycles. The fourth-order valence-electron chi connectivity index (χ4n) is 2.36. The molecule has 0 saturated carbocycles. The molecule has 4 heterocycles. The number of nitrogens with one attached hydrogen (secondary N) is 1. The summed E-state index contributed by atoms with van der Waals surface area (Å²) in [5, 5.41) is 0.853. The van der Waals surface area contributed by atoms with E-state index in [9.17, 15) is 4.79 Å². The largest absolute Gasteiger partial charge is 0.343 e. The number of Topliss-reactive ketones (excluding diaryl/α,β-unsaturated/α-hetero) is 1. The molecular weight excluding hydrogens is 208 g/mol. The number of carbonyl (C=O) groups is 1. The van der Waals surface area contributed by atoms with Crippen LogP contribution in [0.15, 0.2) is 18.3 Å². The van der Waals surface area contributed by atoms with Crippen LogP contribution in [0.25, 0.3) is 11.0 Å². The Bertz CT molecular complexity index is 604. The van der Waals surface area contributed by atoms with Crippen LogP contribution in [-0.2, 0) is 9.47 Å². The number of pyridine rings is 1. The highest BCUT2D eigenvalue weighted by molar-refractivity contribution is 6.11. The lowest BCUT2D eigenvalue weighted by Gasteiger charge is -2.16. The summed E-state index contributed by atoms with van der Waals surface area (Å²) in [7, 11) is 0. The summed E-state index contributed by atoms with van der Waals surface area (Å²) >= 11 is 0. The van der Waals surface area contributed by atoms with E-state index < -0.39 is 6.29 Å². The maximum absolute atomic E-state index is 12.1. The minimum Gasteiger partial charge on any atom is -0.343 e. The normalized spacial score (nSPS) is 27.4. The Morgan fingerprint density at radius 2 is 2.44 bits per heavy atom. The number of rotatable bonds is 0. The van der Waals surface area contributed by atoms with Crippen molar-refractivity contribution in [2.75, 3.05) is 6.61 Å². The fourth-order valence-corrected chi connectivity index (χ4v) is 2.36. The Hall–Kier alpha value is -1.72. The van der Waals surface area contributed by atoms with Crippen LogP contribution in [0.1, 0.15) is 22.2 Å². The summed E-state index contributed by atoms with van der Waals surface area (Å²) in [6.07, 6.45) is 0.813. The first kappa shape index (κ1) is 8.43. The summed E-state index contributed by atoms with van der Waals surface area (Å²) in [6.45, 7) is 0.427. The lowest BCUT2D eigenvalue weighted by atomic mass is 10.0. The minimum atomic E-state index is -0.725. The van der Waals surface area contributed by atoms with E-state index in [1.165, 1.54) is 0 Å². The molecule has 2 aromatic rings. The van der Waals surface area contributed by atoms with Gasteiger partial charge in [-0.15, -0.1) is 0 Å². The second kappa shape index (κ2) is 2.69. The first-order valence-corrected chi connectivity index (χ1v) is 5.12. The molecule has 1 fully saturated rings. The number of carbonyl (C=O) groups excluding carboxylic acids is 1. The van der Waals surface area contributed by atoms with Crippen molar-refractivity contribution in [1.82, 2.24) is 9.97 Å². The number of aromatic amines is 1. The van der Waals surface area contributed by atoms with Gasteiger partial charge in [0.05, 0.1) is 17.9 Å². The highest BCUT2D eigenvalue weighted by Crippen LogP contribution is 2.38. The van der Waals surface area contributed by atoms with Crippen molar-refractivity contribution >= 4 is 16.8 Å². The highest BCUT2D eigenvalue weighted by Gasteiger charge is 2.43. The Balaban J connectivity index is 2.10. The Labute approximate surface area is 90.4 Å². The molecule has 2 aromatic heterocycles. The first-order valence-electron chi connectivity index (χ1n) is 5.12. The second-order valence-electron chi connectivity index (χ2n) is 3.97. The number of hydrogen-bond donors (Lipinski definition) is 1.